The van der Waals surface area contributed by atoms with Crippen molar-refractivity contribution in [1.82, 2.24) is 0 Å². The maximum absolute atomic E-state index is 13.6. The molecule has 1 fully saturated rings. The van der Waals surface area contributed by atoms with Gasteiger partial charge in [0.05, 0.1) is 38.0 Å². The van der Waals surface area contributed by atoms with Gasteiger partial charge in [0, 0.05) is 5.69 Å². The van der Waals surface area contributed by atoms with Gasteiger partial charge in [-0.3, -0.25) is 14.5 Å². The van der Waals surface area contributed by atoms with Crippen LogP contribution in [0.15, 0.2) is 66.2 Å². The summed E-state index contributed by atoms with van der Waals surface area (Å²) in [5.74, 6) is 0.221. The van der Waals surface area contributed by atoms with Crippen molar-refractivity contribution in [3.63, 3.8) is 0 Å². The molecule has 0 spiro atoms. The minimum Gasteiger partial charge on any atom is -0.507 e. The summed E-state index contributed by atoms with van der Waals surface area (Å²) in [6.45, 7) is 8.44. The number of amides is 1. The fourth-order valence-electron chi connectivity index (χ4n) is 4.74. The van der Waals surface area contributed by atoms with Crippen molar-refractivity contribution in [3.05, 3.63) is 88.5 Å². The van der Waals surface area contributed by atoms with E-state index in [2.05, 4.69) is 13.8 Å². The highest BCUT2D eigenvalue weighted by Gasteiger charge is 2.47. The van der Waals surface area contributed by atoms with Gasteiger partial charge in [-0.25, -0.2) is 0 Å². The molecule has 1 saturated heterocycles. The number of ketones is 1. The molecule has 0 aromatic heterocycles. The summed E-state index contributed by atoms with van der Waals surface area (Å²) in [5, 5.41) is 11.6. The second kappa shape index (κ2) is 11.0. The van der Waals surface area contributed by atoms with Gasteiger partial charge >= 0.3 is 0 Å². The molecule has 0 radical (unpaired) electrons. The lowest BCUT2D eigenvalue weighted by Crippen LogP contribution is -2.29. The fraction of sp³-hybridized carbons (Fsp3) is 0.290. The van der Waals surface area contributed by atoms with Gasteiger partial charge in [-0.15, -0.1) is 0 Å². The molecule has 198 valence electrons. The molecule has 1 atom stereocenters. The average molecular weight is 516 g/mol. The molecule has 1 heterocycles. The van der Waals surface area contributed by atoms with Crippen LogP contribution in [0.5, 0.6) is 17.2 Å². The van der Waals surface area contributed by atoms with Gasteiger partial charge in [0.1, 0.15) is 23.0 Å². The Morgan fingerprint density at radius 1 is 0.947 bits per heavy atom. The van der Waals surface area contributed by atoms with Crippen LogP contribution in [-0.2, 0) is 9.59 Å². The molecular weight excluding hydrogens is 482 g/mol. The summed E-state index contributed by atoms with van der Waals surface area (Å²) in [6.07, 6.45) is 0. The minimum atomic E-state index is -0.891. The quantitative estimate of drug-likeness (QED) is 0.226. The van der Waals surface area contributed by atoms with E-state index in [-0.39, 0.29) is 11.3 Å². The number of aliphatic hydroxyl groups excluding tert-OH is 1. The van der Waals surface area contributed by atoms with Crippen LogP contribution in [0.4, 0.5) is 5.69 Å². The second-order valence-electron chi connectivity index (χ2n) is 9.81. The lowest BCUT2D eigenvalue weighted by Gasteiger charge is -2.26. The molecule has 7 heteroatoms. The number of benzene rings is 3. The molecular formula is C31H33NO6. The van der Waals surface area contributed by atoms with E-state index in [0.29, 0.717) is 46.6 Å². The Labute approximate surface area is 223 Å². The molecule has 7 nitrogen and oxygen atoms in total. The highest BCUT2D eigenvalue weighted by Crippen LogP contribution is 2.44. The summed E-state index contributed by atoms with van der Waals surface area (Å²) in [4.78, 5) is 28.5. The van der Waals surface area contributed by atoms with Crippen LogP contribution in [0.3, 0.4) is 0 Å². The number of Topliss-reactive ketones (excluding diaryl/α,β-unsaturated/α-hetero) is 1. The van der Waals surface area contributed by atoms with E-state index in [1.807, 2.05) is 19.9 Å². The first-order chi connectivity index (χ1) is 18.2. The van der Waals surface area contributed by atoms with Crippen molar-refractivity contribution in [2.75, 3.05) is 25.7 Å². The number of rotatable bonds is 8. The predicted octanol–water partition coefficient (Wildman–Crippen LogP) is 5.98. The Bertz CT molecular complexity index is 1390. The van der Waals surface area contributed by atoms with E-state index in [4.69, 9.17) is 14.2 Å². The number of nitrogens with zero attached hydrogens (tertiary/aromatic N) is 1. The molecule has 3 aromatic rings. The highest BCUT2D eigenvalue weighted by atomic mass is 16.5. The molecule has 3 aromatic carbocycles. The largest absolute Gasteiger partial charge is 0.507 e. The first kappa shape index (κ1) is 26.8. The Balaban J connectivity index is 1.91. The topological polar surface area (TPSA) is 85.3 Å². The normalized spacial score (nSPS) is 16.7. The number of carbonyl (C=O) groups is 2. The van der Waals surface area contributed by atoms with Crippen LogP contribution >= 0.6 is 0 Å². The average Bonchev–Trinajstić information content (AvgIpc) is 3.17. The lowest BCUT2D eigenvalue weighted by atomic mass is 9.93. The Kier molecular flexibility index (Phi) is 7.76. The second-order valence-corrected chi connectivity index (χ2v) is 9.81. The molecule has 1 aliphatic heterocycles. The summed E-state index contributed by atoms with van der Waals surface area (Å²) in [5.41, 5.74) is 3.14. The SMILES string of the molecule is COc1cccc(C2/C(=C(\O)c3cc(C)cc(C)c3OC)C(=O)C(=O)N2c2ccc(OCC(C)C)cc2)c1. The molecule has 1 unspecified atom stereocenters. The van der Waals surface area contributed by atoms with Gasteiger partial charge in [-0.2, -0.15) is 0 Å². The van der Waals surface area contributed by atoms with Crippen molar-refractivity contribution < 1.29 is 28.9 Å². The minimum absolute atomic E-state index is 0.0216. The summed E-state index contributed by atoms with van der Waals surface area (Å²) in [7, 11) is 3.06. The number of ether oxygens (including phenoxy) is 3. The standard InChI is InChI=1S/C31H33NO6/c1-18(2)17-38-23-12-10-22(11-13-23)32-27(21-8-7-9-24(16-21)36-5)26(29(34)31(32)35)28(33)25-15-19(3)14-20(4)30(25)37-6/h7-16,18,27,33H,17H2,1-6H3/b28-26+. The zero-order valence-electron chi connectivity index (χ0n) is 22.6. The maximum Gasteiger partial charge on any atom is 0.300 e. The summed E-state index contributed by atoms with van der Waals surface area (Å²) in [6, 6.07) is 16.9. The van der Waals surface area contributed by atoms with E-state index >= 15 is 0 Å². The van der Waals surface area contributed by atoms with Gasteiger partial charge in [0.25, 0.3) is 11.7 Å². The van der Waals surface area contributed by atoms with E-state index < -0.39 is 17.7 Å². The van der Waals surface area contributed by atoms with Gasteiger partial charge in [-0.1, -0.05) is 32.0 Å². The van der Waals surface area contributed by atoms with E-state index in [1.165, 1.54) is 12.0 Å². The number of hydrogen-bond donors (Lipinski definition) is 1. The van der Waals surface area contributed by atoms with Crippen molar-refractivity contribution in [2.24, 2.45) is 5.92 Å². The van der Waals surface area contributed by atoms with Gasteiger partial charge in [-0.05, 0) is 78.9 Å². The molecule has 1 aliphatic rings. The zero-order chi connectivity index (χ0) is 27.6. The van der Waals surface area contributed by atoms with Crippen molar-refractivity contribution >= 4 is 23.1 Å². The summed E-state index contributed by atoms with van der Waals surface area (Å²) >= 11 is 0. The van der Waals surface area contributed by atoms with E-state index in [0.717, 1.165) is 11.1 Å². The van der Waals surface area contributed by atoms with Crippen molar-refractivity contribution in [3.8, 4) is 17.2 Å². The first-order valence-corrected chi connectivity index (χ1v) is 12.5. The zero-order valence-corrected chi connectivity index (χ0v) is 22.6. The van der Waals surface area contributed by atoms with Crippen LogP contribution in [-0.4, -0.2) is 37.6 Å². The van der Waals surface area contributed by atoms with Gasteiger partial charge < -0.3 is 19.3 Å². The van der Waals surface area contributed by atoms with Gasteiger partial charge in [0.15, 0.2) is 0 Å². The molecule has 1 N–H and O–H groups in total. The number of carbonyl (C=O) groups excluding carboxylic acids is 2. The maximum atomic E-state index is 13.6. The number of hydrogen-bond acceptors (Lipinski definition) is 6. The van der Waals surface area contributed by atoms with Crippen LogP contribution in [0.25, 0.3) is 5.76 Å². The first-order valence-electron chi connectivity index (χ1n) is 12.5. The Morgan fingerprint density at radius 2 is 1.66 bits per heavy atom. The number of methoxy groups -OCH3 is 2. The van der Waals surface area contributed by atoms with Crippen LogP contribution < -0.4 is 19.1 Å². The van der Waals surface area contributed by atoms with E-state index in [1.54, 1.807) is 61.7 Å². The predicted molar refractivity (Wildman–Crippen MR) is 147 cm³/mol. The lowest BCUT2D eigenvalue weighted by molar-refractivity contribution is -0.132. The van der Waals surface area contributed by atoms with Crippen molar-refractivity contribution in [1.29, 1.82) is 0 Å². The highest BCUT2D eigenvalue weighted by molar-refractivity contribution is 6.51. The monoisotopic (exact) mass is 515 g/mol. The fourth-order valence-corrected chi connectivity index (χ4v) is 4.74. The van der Waals surface area contributed by atoms with Crippen molar-refractivity contribution in [2.45, 2.75) is 33.7 Å². The van der Waals surface area contributed by atoms with Crippen LogP contribution in [0.2, 0.25) is 0 Å². The molecule has 0 aliphatic carbocycles. The molecule has 1 amide bonds. The smallest absolute Gasteiger partial charge is 0.300 e. The molecule has 0 saturated carbocycles. The molecule has 4 rings (SSSR count). The van der Waals surface area contributed by atoms with E-state index in [9.17, 15) is 14.7 Å². The third kappa shape index (κ3) is 5.09. The third-order valence-electron chi connectivity index (χ3n) is 6.43. The number of anilines is 1. The number of aryl methyl sites for hydroxylation is 2. The molecule has 38 heavy (non-hydrogen) atoms. The molecule has 0 bridgehead atoms. The third-order valence-corrected chi connectivity index (χ3v) is 6.43. The number of aliphatic hydroxyl groups is 1. The van der Waals surface area contributed by atoms with Crippen LogP contribution in [0.1, 0.15) is 42.1 Å². The Hall–Kier alpha value is -4.26. The summed E-state index contributed by atoms with van der Waals surface area (Å²) < 4.78 is 16.8. The van der Waals surface area contributed by atoms with Gasteiger partial charge in [0.2, 0.25) is 0 Å². The van der Waals surface area contributed by atoms with Crippen LogP contribution in [0, 0.1) is 19.8 Å². The Morgan fingerprint density at radius 3 is 2.29 bits per heavy atom.